The number of alkyl carbamates (subject to hydrolysis) is 1. The Hall–Kier alpha value is -3.92. The van der Waals surface area contributed by atoms with Crippen LogP contribution in [0.3, 0.4) is 0 Å². The average molecular weight is 612 g/mol. The standard InChI is InChI=1S/C30H28Cl2N4O4S/c1-30(2,3)40-29(37)35-28(36-41(38,39)23-9-5-4-6-10-23)34-19-20-17-25(24-11-7-8-12-26(24)32)27(33-18-20)21-13-15-22(31)16-14-21/h4-18H,19H2,1-3H3,(H2,34,35,36,37). The molecule has 1 amide bonds. The van der Waals surface area contributed by atoms with Crippen LogP contribution in [0, 0.1) is 0 Å². The lowest BCUT2D eigenvalue weighted by molar-refractivity contribution is 0.0561. The Balaban J connectivity index is 1.69. The first-order valence-corrected chi connectivity index (χ1v) is 14.7. The zero-order chi connectivity index (χ0) is 29.6. The molecule has 0 aliphatic heterocycles. The fraction of sp³-hybridized carbons (Fsp3) is 0.167. The second kappa shape index (κ2) is 12.7. The van der Waals surface area contributed by atoms with Crippen LogP contribution < -0.4 is 10.6 Å². The fourth-order valence-corrected chi connectivity index (χ4v) is 5.10. The Morgan fingerprint density at radius 2 is 1.59 bits per heavy atom. The molecule has 41 heavy (non-hydrogen) atoms. The molecule has 0 aliphatic rings. The monoisotopic (exact) mass is 610 g/mol. The molecule has 11 heteroatoms. The molecule has 3 aromatic carbocycles. The number of hydrogen-bond acceptors (Lipinski definition) is 5. The van der Waals surface area contributed by atoms with Gasteiger partial charge in [0.15, 0.2) is 0 Å². The number of sulfonamides is 1. The van der Waals surface area contributed by atoms with E-state index in [0.717, 1.165) is 16.7 Å². The molecular weight excluding hydrogens is 583 g/mol. The van der Waals surface area contributed by atoms with E-state index in [1.54, 1.807) is 63.4 Å². The first-order chi connectivity index (χ1) is 19.4. The summed E-state index contributed by atoms with van der Waals surface area (Å²) >= 11 is 12.6. The number of carbonyl (C=O) groups is 1. The van der Waals surface area contributed by atoms with Crippen molar-refractivity contribution >= 4 is 45.3 Å². The zero-order valence-electron chi connectivity index (χ0n) is 22.6. The molecule has 8 nitrogen and oxygen atoms in total. The molecule has 1 aromatic heterocycles. The molecule has 0 unspecified atom stereocenters. The van der Waals surface area contributed by atoms with Gasteiger partial charge in [0.2, 0.25) is 5.96 Å². The van der Waals surface area contributed by atoms with Gasteiger partial charge in [0.25, 0.3) is 10.0 Å². The van der Waals surface area contributed by atoms with Crippen molar-refractivity contribution in [2.24, 2.45) is 4.40 Å². The topological polar surface area (TPSA) is 110 Å². The summed E-state index contributed by atoms with van der Waals surface area (Å²) in [5.41, 5.74) is 2.92. The van der Waals surface area contributed by atoms with Gasteiger partial charge in [-0.2, -0.15) is 8.42 Å². The highest BCUT2D eigenvalue weighted by molar-refractivity contribution is 7.90. The van der Waals surface area contributed by atoms with Crippen molar-refractivity contribution < 1.29 is 17.9 Å². The predicted molar refractivity (Wildman–Crippen MR) is 162 cm³/mol. The van der Waals surface area contributed by atoms with Crippen molar-refractivity contribution in [2.75, 3.05) is 0 Å². The number of rotatable bonds is 6. The Kier molecular flexibility index (Phi) is 9.32. The number of nitrogens with zero attached hydrogens (tertiary/aromatic N) is 2. The van der Waals surface area contributed by atoms with E-state index >= 15 is 0 Å². The van der Waals surface area contributed by atoms with E-state index in [0.29, 0.717) is 21.3 Å². The van der Waals surface area contributed by atoms with Gasteiger partial charge in [-0.05, 0) is 62.7 Å². The third-order valence-electron chi connectivity index (χ3n) is 5.56. The van der Waals surface area contributed by atoms with Crippen molar-refractivity contribution in [3.05, 3.63) is 107 Å². The fourth-order valence-electron chi connectivity index (χ4n) is 3.78. The summed E-state index contributed by atoms with van der Waals surface area (Å²) in [5.74, 6) is -0.302. The van der Waals surface area contributed by atoms with Crippen molar-refractivity contribution in [1.82, 2.24) is 15.6 Å². The number of amides is 1. The van der Waals surface area contributed by atoms with Crippen LogP contribution in [-0.4, -0.2) is 31.1 Å². The maximum Gasteiger partial charge on any atom is 0.414 e. The van der Waals surface area contributed by atoms with Crippen LogP contribution in [0.5, 0.6) is 0 Å². The summed E-state index contributed by atoms with van der Waals surface area (Å²) < 4.78 is 35.1. The van der Waals surface area contributed by atoms with E-state index in [1.807, 2.05) is 36.4 Å². The SMILES string of the molecule is CC(C)(C)OC(=O)N/C(=N\S(=O)(=O)c1ccccc1)NCc1cnc(-c2ccc(Cl)cc2)c(-c2ccccc2Cl)c1. The third-order valence-corrected chi connectivity index (χ3v) is 7.43. The van der Waals surface area contributed by atoms with E-state index in [4.69, 9.17) is 32.9 Å². The molecule has 0 atom stereocenters. The van der Waals surface area contributed by atoms with Gasteiger partial charge in [0.05, 0.1) is 10.6 Å². The molecule has 0 saturated carbocycles. The largest absolute Gasteiger partial charge is 0.444 e. The summed E-state index contributed by atoms with van der Waals surface area (Å²) in [6.07, 6.45) is 0.786. The summed E-state index contributed by atoms with van der Waals surface area (Å²) in [6.45, 7) is 5.16. The molecule has 2 N–H and O–H groups in total. The molecule has 4 rings (SSSR count). The number of ether oxygens (including phenoxy) is 1. The van der Waals surface area contributed by atoms with E-state index < -0.39 is 21.7 Å². The van der Waals surface area contributed by atoms with Crippen LogP contribution in [0.2, 0.25) is 10.0 Å². The maximum absolute atomic E-state index is 13.0. The van der Waals surface area contributed by atoms with Crippen LogP contribution in [0.4, 0.5) is 4.79 Å². The Labute approximate surface area is 249 Å². The van der Waals surface area contributed by atoms with E-state index in [1.165, 1.54) is 12.1 Å². The molecule has 0 bridgehead atoms. The predicted octanol–water partition coefficient (Wildman–Crippen LogP) is 7.08. The first-order valence-electron chi connectivity index (χ1n) is 12.5. The number of aromatic nitrogens is 1. The van der Waals surface area contributed by atoms with E-state index in [2.05, 4.69) is 15.0 Å². The van der Waals surface area contributed by atoms with Crippen molar-refractivity contribution in [3.8, 4) is 22.4 Å². The molecular formula is C30H28Cl2N4O4S. The first kappa shape index (κ1) is 30.0. The van der Waals surface area contributed by atoms with Gasteiger partial charge in [-0.15, -0.1) is 4.40 Å². The molecule has 212 valence electrons. The minimum absolute atomic E-state index is 0.0275. The van der Waals surface area contributed by atoms with Gasteiger partial charge in [-0.1, -0.05) is 71.7 Å². The lowest BCUT2D eigenvalue weighted by atomic mass is 9.98. The van der Waals surface area contributed by atoms with Gasteiger partial charge >= 0.3 is 6.09 Å². The average Bonchev–Trinajstić information content (AvgIpc) is 2.92. The third kappa shape index (κ3) is 8.29. The van der Waals surface area contributed by atoms with Gasteiger partial charge in [0.1, 0.15) is 5.60 Å². The summed E-state index contributed by atoms with van der Waals surface area (Å²) in [4.78, 5) is 17.2. The highest BCUT2D eigenvalue weighted by Gasteiger charge is 2.21. The Morgan fingerprint density at radius 1 is 0.927 bits per heavy atom. The molecule has 0 radical (unpaired) electrons. The van der Waals surface area contributed by atoms with Gasteiger partial charge in [0, 0.05) is 39.5 Å². The Bertz CT molecular complexity index is 1670. The van der Waals surface area contributed by atoms with Crippen molar-refractivity contribution in [2.45, 2.75) is 37.8 Å². The molecule has 0 aliphatic carbocycles. The van der Waals surface area contributed by atoms with Gasteiger partial charge < -0.3 is 10.1 Å². The number of pyridine rings is 1. The van der Waals surface area contributed by atoms with E-state index in [9.17, 15) is 13.2 Å². The molecule has 4 aromatic rings. The van der Waals surface area contributed by atoms with Crippen LogP contribution >= 0.6 is 23.2 Å². The lowest BCUT2D eigenvalue weighted by Crippen LogP contribution is -2.43. The number of nitrogens with one attached hydrogen (secondary N) is 2. The van der Waals surface area contributed by atoms with Crippen LogP contribution in [0.1, 0.15) is 26.3 Å². The van der Waals surface area contributed by atoms with Gasteiger partial charge in [-0.3, -0.25) is 10.3 Å². The molecule has 0 saturated heterocycles. The summed E-state index contributed by atoms with van der Waals surface area (Å²) in [7, 11) is -4.14. The van der Waals surface area contributed by atoms with E-state index in [-0.39, 0.29) is 17.4 Å². The van der Waals surface area contributed by atoms with Crippen molar-refractivity contribution in [3.63, 3.8) is 0 Å². The second-order valence-corrected chi connectivity index (χ2v) is 12.4. The van der Waals surface area contributed by atoms with Crippen LogP contribution in [0.25, 0.3) is 22.4 Å². The number of halogens is 2. The van der Waals surface area contributed by atoms with Crippen molar-refractivity contribution in [1.29, 1.82) is 0 Å². The molecule has 0 spiro atoms. The number of guanidine groups is 1. The summed E-state index contributed by atoms with van der Waals surface area (Å²) in [5, 5.41) is 6.46. The zero-order valence-corrected chi connectivity index (χ0v) is 24.9. The van der Waals surface area contributed by atoms with Gasteiger partial charge in [-0.25, -0.2) is 4.79 Å². The van der Waals surface area contributed by atoms with Crippen LogP contribution in [-0.2, 0) is 21.3 Å². The smallest absolute Gasteiger partial charge is 0.414 e. The number of carbonyl (C=O) groups excluding carboxylic acids is 1. The number of benzene rings is 3. The normalized spacial score (nSPS) is 12.1. The highest BCUT2D eigenvalue weighted by atomic mass is 35.5. The summed E-state index contributed by atoms with van der Waals surface area (Å²) in [6, 6.07) is 24.3. The maximum atomic E-state index is 13.0. The molecule has 1 heterocycles. The second-order valence-electron chi connectivity index (χ2n) is 9.93. The quantitative estimate of drug-likeness (QED) is 0.178. The van der Waals surface area contributed by atoms with Crippen LogP contribution in [0.15, 0.2) is 100 Å². The number of hydrogen-bond donors (Lipinski definition) is 2. The minimum atomic E-state index is -4.14. The minimum Gasteiger partial charge on any atom is -0.444 e. The highest BCUT2D eigenvalue weighted by Crippen LogP contribution is 2.35. The molecule has 0 fully saturated rings. The Morgan fingerprint density at radius 3 is 2.24 bits per heavy atom. The lowest BCUT2D eigenvalue weighted by Gasteiger charge is -2.20.